The number of piperidine rings is 1. The molecule has 1 aliphatic heterocycles. The number of hydrogen-bond donors (Lipinski definition) is 0. The molecule has 0 bridgehead atoms. The Morgan fingerprint density at radius 2 is 1.77 bits per heavy atom. The van der Waals surface area contributed by atoms with Crippen LogP contribution in [-0.2, 0) is 10.9 Å². The van der Waals surface area contributed by atoms with Crippen molar-refractivity contribution in [3.63, 3.8) is 0 Å². The standard InChI is InChI=1S/C19H26F3NO3/c1-13-5-6-14(11-23(13)17(24)26-18(2,3)4)12-25-16-9-7-15(8-10-16)19(20,21)22/h7-10,13-14H,5-6,11-12H2,1-4H3/t13-,14-/m1/s1. The van der Waals surface area contributed by atoms with Crippen molar-refractivity contribution in [1.29, 1.82) is 0 Å². The average Bonchev–Trinajstić information content (AvgIpc) is 2.52. The van der Waals surface area contributed by atoms with Gasteiger partial charge in [-0.05, 0) is 64.8 Å². The molecule has 4 nitrogen and oxygen atoms in total. The molecule has 146 valence electrons. The monoisotopic (exact) mass is 373 g/mol. The van der Waals surface area contributed by atoms with E-state index in [1.165, 1.54) is 12.1 Å². The van der Waals surface area contributed by atoms with Crippen molar-refractivity contribution in [2.45, 2.75) is 58.4 Å². The Kier molecular flexibility index (Phi) is 6.09. The largest absolute Gasteiger partial charge is 0.493 e. The minimum atomic E-state index is -4.36. The third-order valence-corrected chi connectivity index (χ3v) is 4.27. The lowest BCUT2D eigenvalue weighted by atomic mass is 9.94. The summed E-state index contributed by atoms with van der Waals surface area (Å²) in [5.74, 6) is 0.501. The van der Waals surface area contributed by atoms with Crippen LogP contribution in [0.3, 0.4) is 0 Å². The number of amides is 1. The Labute approximate surface area is 152 Å². The van der Waals surface area contributed by atoms with E-state index in [0.29, 0.717) is 18.9 Å². The van der Waals surface area contributed by atoms with E-state index in [0.717, 1.165) is 25.0 Å². The van der Waals surface area contributed by atoms with Crippen LogP contribution < -0.4 is 4.74 Å². The molecule has 0 aromatic heterocycles. The number of halogens is 3. The number of alkyl halides is 3. The lowest BCUT2D eigenvalue weighted by Crippen LogP contribution is -2.48. The predicted octanol–water partition coefficient (Wildman–Crippen LogP) is 5.12. The Morgan fingerprint density at radius 1 is 1.15 bits per heavy atom. The normalized spacial score (nSPS) is 21.4. The van der Waals surface area contributed by atoms with Gasteiger partial charge in [-0.15, -0.1) is 0 Å². The summed E-state index contributed by atoms with van der Waals surface area (Å²) in [4.78, 5) is 14.0. The maximum atomic E-state index is 12.6. The van der Waals surface area contributed by atoms with Crippen LogP contribution >= 0.6 is 0 Å². The summed E-state index contributed by atoms with van der Waals surface area (Å²) in [6.07, 6.45) is -2.97. The number of rotatable bonds is 3. The lowest BCUT2D eigenvalue weighted by molar-refractivity contribution is -0.137. The van der Waals surface area contributed by atoms with Crippen LogP contribution in [-0.4, -0.2) is 35.8 Å². The molecular formula is C19H26F3NO3. The SMILES string of the molecule is C[C@@H]1CC[C@@H](COc2ccc(C(F)(F)F)cc2)CN1C(=O)OC(C)(C)C. The van der Waals surface area contributed by atoms with E-state index >= 15 is 0 Å². The van der Waals surface area contributed by atoms with Gasteiger partial charge < -0.3 is 14.4 Å². The number of hydrogen-bond acceptors (Lipinski definition) is 3. The van der Waals surface area contributed by atoms with Crippen LogP contribution in [0.2, 0.25) is 0 Å². The molecule has 0 saturated carbocycles. The van der Waals surface area contributed by atoms with Gasteiger partial charge in [-0.2, -0.15) is 13.2 Å². The number of carbonyl (C=O) groups excluding carboxylic acids is 1. The Morgan fingerprint density at radius 3 is 2.31 bits per heavy atom. The maximum absolute atomic E-state index is 12.6. The highest BCUT2D eigenvalue weighted by molar-refractivity contribution is 5.68. The fourth-order valence-electron chi connectivity index (χ4n) is 2.85. The fraction of sp³-hybridized carbons (Fsp3) is 0.632. The van der Waals surface area contributed by atoms with Crippen molar-refractivity contribution in [1.82, 2.24) is 4.90 Å². The summed E-state index contributed by atoms with van der Waals surface area (Å²) in [5, 5.41) is 0. The first-order valence-electron chi connectivity index (χ1n) is 8.75. The van der Waals surface area contributed by atoms with Gasteiger partial charge in [0.2, 0.25) is 0 Å². The van der Waals surface area contributed by atoms with E-state index < -0.39 is 17.3 Å². The lowest BCUT2D eigenvalue weighted by Gasteiger charge is -2.38. The minimum Gasteiger partial charge on any atom is -0.493 e. The van der Waals surface area contributed by atoms with Gasteiger partial charge in [-0.3, -0.25) is 0 Å². The van der Waals surface area contributed by atoms with Crippen molar-refractivity contribution >= 4 is 6.09 Å². The first-order valence-corrected chi connectivity index (χ1v) is 8.75. The molecule has 1 aromatic rings. The topological polar surface area (TPSA) is 38.8 Å². The number of nitrogens with zero attached hydrogens (tertiary/aromatic N) is 1. The maximum Gasteiger partial charge on any atom is 0.416 e. The van der Waals surface area contributed by atoms with Gasteiger partial charge in [0, 0.05) is 18.5 Å². The van der Waals surface area contributed by atoms with Gasteiger partial charge in [0.05, 0.1) is 12.2 Å². The Hall–Kier alpha value is -1.92. The van der Waals surface area contributed by atoms with Gasteiger partial charge in [-0.1, -0.05) is 0 Å². The number of benzene rings is 1. The van der Waals surface area contributed by atoms with E-state index in [1.807, 2.05) is 27.7 Å². The summed E-state index contributed by atoms with van der Waals surface area (Å²) >= 11 is 0. The fourth-order valence-corrected chi connectivity index (χ4v) is 2.85. The Bertz CT molecular complexity index is 608. The molecule has 7 heteroatoms. The molecule has 0 unspecified atom stereocenters. The summed E-state index contributed by atoms with van der Waals surface area (Å²) in [6.45, 7) is 8.31. The second kappa shape index (κ2) is 7.76. The summed E-state index contributed by atoms with van der Waals surface area (Å²) in [5.41, 5.74) is -1.26. The molecule has 26 heavy (non-hydrogen) atoms. The van der Waals surface area contributed by atoms with E-state index in [4.69, 9.17) is 9.47 Å². The van der Waals surface area contributed by atoms with E-state index in [9.17, 15) is 18.0 Å². The van der Waals surface area contributed by atoms with Crippen molar-refractivity contribution in [3.05, 3.63) is 29.8 Å². The van der Waals surface area contributed by atoms with Crippen molar-refractivity contribution < 1.29 is 27.4 Å². The van der Waals surface area contributed by atoms with Gasteiger partial charge in [-0.25, -0.2) is 4.79 Å². The second-order valence-corrected chi connectivity index (χ2v) is 7.76. The minimum absolute atomic E-state index is 0.0900. The molecule has 1 aromatic carbocycles. The summed E-state index contributed by atoms with van der Waals surface area (Å²) in [6, 6.07) is 4.74. The van der Waals surface area contributed by atoms with Crippen LogP contribution in [0, 0.1) is 5.92 Å². The van der Waals surface area contributed by atoms with Crippen LogP contribution in [0.4, 0.5) is 18.0 Å². The smallest absolute Gasteiger partial charge is 0.416 e. The van der Waals surface area contributed by atoms with E-state index in [2.05, 4.69) is 0 Å². The third-order valence-electron chi connectivity index (χ3n) is 4.27. The van der Waals surface area contributed by atoms with E-state index in [1.54, 1.807) is 4.90 Å². The Balaban J connectivity index is 1.91. The number of likely N-dealkylation sites (tertiary alicyclic amines) is 1. The highest BCUT2D eigenvalue weighted by Crippen LogP contribution is 2.31. The molecule has 1 saturated heterocycles. The highest BCUT2D eigenvalue weighted by Gasteiger charge is 2.33. The molecule has 2 atom stereocenters. The number of ether oxygens (including phenoxy) is 2. The van der Waals surface area contributed by atoms with Gasteiger partial charge in [0.15, 0.2) is 0 Å². The molecule has 0 aliphatic carbocycles. The third kappa shape index (κ3) is 5.81. The average molecular weight is 373 g/mol. The second-order valence-electron chi connectivity index (χ2n) is 7.76. The van der Waals surface area contributed by atoms with Gasteiger partial charge >= 0.3 is 12.3 Å². The van der Waals surface area contributed by atoms with E-state index in [-0.39, 0.29) is 18.1 Å². The quantitative estimate of drug-likeness (QED) is 0.738. The van der Waals surface area contributed by atoms with Gasteiger partial charge in [0.25, 0.3) is 0 Å². The van der Waals surface area contributed by atoms with Crippen molar-refractivity contribution in [2.75, 3.05) is 13.2 Å². The molecular weight excluding hydrogens is 347 g/mol. The molecule has 1 amide bonds. The molecule has 0 N–H and O–H groups in total. The van der Waals surface area contributed by atoms with Gasteiger partial charge in [0.1, 0.15) is 11.4 Å². The number of carbonyl (C=O) groups is 1. The van der Waals surface area contributed by atoms with Crippen LogP contribution in [0.15, 0.2) is 24.3 Å². The highest BCUT2D eigenvalue weighted by atomic mass is 19.4. The zero-order valence-electron chi connectivity index (χ0n) is 15.6. The molecule has 2 rings (SSSR count). The molecule has 1 heterocycles. The zero-order valence-corrected chi connectivity index (χ0v) is 15.6. The molecule has 0 radical (unpaired) electrons. The zero-order chi connectivity index (χ0) is 19.5. The van der Waals surface area contributed by atoms with Crippen LogP contribution in [0.1, 0.15) is 46.1 Å². The molecule has 0 spiro atoms. The molecule has 1 fully saturated rings. The first kappa shape index (κ1) is 20.4. The molecule has 1 aliphatic rings. The van der Waals surface area contributed by atoms with Crippen molar-refractivity contribution in [2.24, 2.45) is 5.92 Å². The van der Waals surface area contributed by atoms with Crippen LogP contribution in [0.25, 0.3) is 0 Å². The predicted molar refractivity (Wildman–Crippen MR) is 92.1 cm³/mol. The summed E-state index contributed by atoms with van der Waals surface area (Å²) < 4.78 is 48.8. The summed E-state index contributed by atoms with van der Waals surface area (Å²) in [7, 11) is 0. The first-order chi connectivity index (χ1) is 12.0. The van der Waals surface area contributed by atoms with Crippen molar-refractivity contribution in [3.8, 4) is 5.75 Å². The van der Waals surface area contributed by atoms with Crippen LogP contribution in [0.5, 0.6) is 5.75 Å².